The normalized spacial score (nSPS) is 20.2. The van der Waals surface area contributed by atoms with E-state index in [4.69, 9.17) is 11.6 Å². The molecule has 176 valence electrons. The van der Waals surface area contributed by atoms with Gasteiger partial charge < -0.3 is 15.1 Å². The van der Waals surface area contributed by atoms with Gasteiger partial charge >= 0.3 is 0 Å². The smallest absolute Gasteiger partial charge is 0.270 e. The minimum atomic E-state index is -0.408. The summed E-state index contributed by atoms with van der Waals surface area (Å²) in [4.78, 5) is 28.3. The van der Waals surface area contributed by atoms with E-state index >= 15 is 0 Å². The van der Waals surface area contributed by atoms with Gasteiger partial charge in [0.1, 0.15) is 0 Å². The first-order chi connectivity index (χ1) is 15.7. The molecule has 2 saturated heterocycles. The first-order valence-electron chi connectivity index (χ1n) is 11.5. The Kier molecular flexibility index (Phi) is 6.91. The molecule has 2 heterocycles. The van der Waals surface area contributed by atoms with Gasteiger partial charge in [-0.15, -0.1) is 0 Å². The summed E-state index contributed by atoms with van der Waals surface area (Å²) in [5.41, 5.74) is 4.13. The minimum Gasteiger partial charge on any atom is -0.385 e. The molecule has 2 aromatic rings. The molecule has 2 unspecified atom stereocenters. The van der Waals surface area contributed by atoms with E-state index in [2.05, 4.69) is 16.3 Å². The van der Waals surface area contributed by atoms with Gasteiger partial charge in [-0.3, -0.25) is 14.9 Å². The number of nitrogens with one attached hydrogen (secondary N) is 1. The van der Waals surface area contributed by atoms with Gasteiger partial charge in [-0.05, 0) is 74.4 Å². The van der Waals surface area contributed by atoms with Crippen LogP contribution in [0.3, 0.4) is 0 Å². The van der Waals surface area contributed by atoms with Crippen LogP contribution in [0.15, 0.2) is 30.3 Å². The van der Waals surface area contributed by atoms with Crippen molar-refractivity contribution in [1.29, 1.82) is 0 Å². The zero-order valence-electron chi connectivity index (χ0n) is 19.4. The highest BCUT2D eigenvalue weighted by atomic mass is 35.5. The van der Waals surface area contributed by atoms with Crippen LogP contribution in [0, 0.1) is 42.7 Å². The van der Waals surface area contributed by atoms with Gasteiger partial charge in [0.25, 0.3) is 11.6 Å². The molecule has 0 spiro atoms. The summed E-state index contributed by atoms with van der Waals surface area (Å²) in [6.45, 7) is 11.1. The Balaban J connectivity index is 1.26. The Bertz CT molecular complexity index is 1040. The van der Waals surface area contributed by atoms with Crippen molar-refractivity contribution in [3.63, 3.8) is 0 Å². The third-order valence-electron chi connectivity index (χ3n) is 6.94. The number of amides is 1. The summed E-state index contributed by atoms with van der Waals surface area (Å²) in [5.74, 6) is 0.995. The number of benzene rings is 2. The van der Waals surface area contributed by atoms with Gasteiger partial charge in [0, 0.05) is 61.1 Å². The zero-order chi connectivity index (χ0) is 23.7. The lowest BCUT2D eigenvalue weighted by atomic mass is 10.0. The lowest BCUT2D eigenvalue weighted by Crippen LogP contribution is -2.34. The lowest BCUT2D eigenvalue weighted by Gasteiger charge is -2.23. The highest BCUT2D eigenvalue weighted by Gasteiger charge is 2.41. The molecule has 2 aliphatic heterocycles. The molecule has 4 rings (SSSR count). The van der Waals surface area contributed by atoms with Crippen molar-refractivity contribution < 1.29 is 9.72 Å². The molecule has 2 fully saturated rings. The van der Waals surface area contributed by atoms with Crippen LogP contribution in [0.2, 0.25) is 5.02 Å². The Hall–Kier alpha value is -2.64. The van der Waals surface area contributed by atoms with Gasteiger partial charge in [-0.25, -0.2) is 0 Å². The van der Waals surface area contributed by atoms with Gasteiger partial charge in [0.2, 0.25) is 0 Å². The number of likely N-dealkylation sites (tertiary alicyclic amines) is 2. The number of hydrogen-bond donors (Lipinski definition) is 1. The van der Waals surface area contributed by atoms with Crippen LogP contribution < -0.4 is 5.32 Å². The second-order valence-corrected chi connectivity index (χ2v) is 9.85. The second-order valence-electron chi connectivity index (χ2n) is 9.45. The topological polar surface area (TPSA) is 78.7 Å². The molecule has 0 aromatic heterocycles. The van der Waals surface area contributed by atoms with Crippen LogP contribution in [0.1, 0.15) is 33.5 Å². The number of halogens is 1. The monoisotopic (exact) mass is 470 g/mol. The Morgan fingerprint density at radius 1 is 1.06 bits per heavy atom. The molecule has 1 amide bonds. The standard InChI is InChI=1S/C25H31ClN4O3/c1-16-5-6-21(11-23(16)26)27-7-4-8-28-12-19-14-29(15-20(19)13-28)25(31)24-17(2)9-22(30(32)33)10-18(24)3/h5-6,9-11,19-20,27H,4,7-8,12-15H2,1-3H3. The summed E-state index contributed by atoms with van der Waals surface area (Å²) >= 11 is 6.19. The maximum atomic E-state index is 13.2. The predicted molar refractivity (Wildman–Crippen MR) is 131 cm³/mol. The van der Waals surface area contributed by atoms with E-state index < -0.39 is 4.92 Å². The Morgan fingerprint density at radius 2 is 1.70 bits per heavy atom. The average Bonchev–Trinajstić information content (AvgIpc) is 3.32. The van der Waals surface area contributed by atoms with Crippen LogP contribution in [0.4, 0.5) is 11.4 Å². The number of non-ortho nitro benzene ring substituents is 1. The van der Waals surface area contributed by atoms with Crippen molar-refractivity contribution in [2.24, 2.45) is 11.8 Å². The third-order valence-corrected chi connectivity index (χ3v) is 7.35. The predicted octanol–water partition coefficient (Wildman–Crippen LogP) is 4.68. The van der Waals surface area contributed by atoms with E-state index in [0.29, 0.717) is 28.5 Å². The van der Waals surface area contributed by atoms with Crippen LogP contribution in [0.25, 0.3) is 0 Å². The van der Waals surface area contributed by atoms with Crippen LogP contribution >= 0.6 is 11.6 Å². The third kappa shape index (κ3) is 5.14. The molecular formula is C25H31ClN4O3. The number of carbonyl (C=O) groups is 1. The van der Waals surface area contributed by atoms with Crippen LogP contribution in [-0.2, 0) is 0 Å². The first-order valence-corrected chi connectivity index (χ1v) is 11.9. The van der Waals surface area contributed by atoms with Crippen molar-refractivity contribution in [2.45, 2.75) is 27.2 Å². The summed E-state index contributed by atoms with van der Waals surface area (Å²) in [5, 5.41) is 15.3. The summed E-state index contributed by atoms with van der Waals surface area (Å²) in [7, 11) is 0. The first kappa shape index (κ1) is 23.5. The Morgan fingerprint density at radius 3 is 2.27 bits per heavy atom. The van der Waals surface area contributed by atoms with Gasteiger partial charge in [0.05, 0.1) is 4.92 Å². The van der Waals surface area contributed by atoms with Gasteiger partial charge in [-0.1, -0.05) is 17.7 Å². The van der Waals surface area contributed by atoms with Crippen molar-refractivity contribution in [1.82, 2.24) is 9.80 Å². The fourth-order valence-corrected chi connectivity index (χ4v) is 5.40. The van der Waals surface area contributed by atoms with E-state index in [1.165, 1.54) is 12.1 Å². The van der Waals surface area contributed by atoms with Crippen molar-refractivity contribution in [2.75, 3.05) is 44.6 Å². The molecule has 0 bridgehead atoms. The molecule has 0 radical (unpaired) electrons. The molecule has 2 aliphatic rings. The number of hydrogen-bond acceptors (Lipinski definition) is 5. The maximum Gasteiger partial charge on any atom is 0.270 e. The quantitative estimate of drug-likeness (QED) is 0.361. The number of aryl methyl sites for hydroxylation is 3. The maximum absolute atomic E-state index is 13.2. The second kappa shape index (κ2) is 9.69. The van der Waals surface area contributed by atoms with Crippen LogP contribution in [0.5, 0.6) is 0 Å². The average molecular weight is 471 g/mol. The molecule has 2 atom stereocenters. The molecule has 7 nitrogen and oxygen atoms in total. The Labute approximate surface area is 199 Å². The summed E-state index contributed by atoms with van der Waals surface area (Å²) in [6, 6.07) is 9.05. The van der Waals surface area contributed by atoms with Crippen molar-refractivity contribution in [3.05, 3.63) is 67.7 Å². The molecule has 8 heteroatoms. The summed E-state index contributed by atoms with van der Waals surface area (Å²) < 4.78 is 0. The zero-order valence-corrected chi connectivity index (χ0v) is 20.2. The number of nitro groups is 1. The number of fused-ring (bicyclic) bond motifs is 1. The number of anilines is 1. The van der Waals surface area contributed by atoms with Crippen LogP contribution in [-0.4, -0.2) is 59.9 Å². The molecular weight excluding hydrogens is 440 g/mol. The number of rotatable bonds is 7. The fraction of sp³-hybridized carbons (Fsp3) is 0.480. The fourth-order valence-electron chi connectivity index (χ4n) is 5.22. The van der Waals surface area contributed by atoms with Gasteiger partial charge in [-0.2, -0.15) is 0 Å². The molecule has 0 aliphatic carbocycles. The SMILES string of the molecule is Cc1ccc(NCCCN2CC3CN(C(=O)c4c(C)cc([N+](=O)[O-])cc4C)CC3C2)cc1Cl. The summed E-state index contributed by atoms with van der Waals surface area (Å²) in [6.07, 6.45) is 1.05. The van der Waals surface area contributed by atoms with E-state index in [1.807, 2.05) is 24.0 Å². The van der Waals surface area contributed by atoms with Crippen molar-refractivity contribution >= 4 is 28.9 Å². The van der Waals surface area contributed by atoms with E-state index in [-0.39, 0.29) is 11.6 Å². The lowest BCUT2D eigenvalue weighted by molar-refractivity contribution is -0.385. The highest BCUT2D eigenvalue weighted by molar-refractivity contribution is 6.31. The minimum absolute atomic E-state index is 0.00167. The highest BCUT2D eigenvalue weighted by Crippen LogP contribution is 2.33. The van der Waals surface area contributed by atoms with Gasteiger partial charge in [0.15, 0.2) is 0 Å². The van der Waals surface area contributed by atoms with E-state index in [9.17, 15) is 14.9 Å². The molecule has 1 N–H and O–H groups in total. The molecule has 33 heavy (non-hydrogen) atoms. The number of nitro benzene ring substituents is 1. The number of carbonyl (C=O) groups excluding carboxylic acids is 1. The number of nitrogens with zero attached hydrogens (tertiary/aromatic N) is 3. The van der Waals surface area contributed by atoms with Crippen molar-refractivity contribution in [3.8, 4) is 0 Å². The molecule has 0 saturated carbocycles. The van der Waals surface area contributed by atoms with E-state index in [0.717, 1.165) is 62.0 Å². The largest absolute Gasteiger partial charge is 0.385 e. The van der Waals surface area contributed by atoms with E-state index in [1.54, 1.807) is 13.8 Å². The molecule has 2 aromatic carbocycles.